The minimum absolute atomic E-state index is 0.416. The lowest BCUT2D eigenvalue weighted by molar-refractivity contribution is -0.176. The van der Waals surface area contributed by atoms with Gasteiger partial charge in [0, 0.05) is 0 Å². The summed E-state index contributed by atoms with van der Waals surface area (Å²) in [5, 5.41) is 23.3. The molecule has 0 aliphatic heterocycles. The van der Waals surface area contributed by atoms with Crippen molar-refractivity contribution >= 4 is 24.6 Å². The molecule has 0 saturated carbocycles. The highest BCUT2D eigenvalue weighted by Gasteiger charge is 2.51. The summed E-state index contributed by atoms with van der Waals surface area (Å²) in [5.74, 6) is -2.20. The summed E-state index contributed by atoms with van der Waals surface area (Å²) in [7, 11) is -3.11. The molecule has 0 bridgehead atoms. The van der Waals surface area contributed by atoms with Gasteiger partial charge < -0.3 is 20.0 Å². The standard InChI is InChI=1S/C23H30F3NO4Si/c1-16(28)20(29)19(27-21(30)23(24,25)26)15-31-32(22(2,3)4,17-11-7-5-8-12-17)18-13-9-6-10-14-18/h5-14,16,19-20,28-29H,15H2,1-4H3,(H,27,30). The molecule has 2 rings (SSSR count). The van der Waals surface area contributed by atoms with E-state index >= 15 is 0 Å². The van der Waals surface area contributed by atoms with Gasteiger partial charge in [-0.05, 0) is 22.3 Å². The van der Waals surface area contributed by atoms with Crippen molar-refractivity contribution in [2.45, 2.75) is 57.2 Å². The van der Waals surface area contributed by atoms with Crippen LogP contribution in [0.3, 0.4) is 0 Å². The fourth-order valence-electron chi connectivity index (χ4n) is 3.79. The Labute approximate surface area is 187 Å². The quantitative estimate of drug-likeness (QED) is 0.519. The molecular formula is C23H30F3NO4Si. The minimum atomic E-state index is -5.13. The number of aliphatic hydroxyl groups is 2. The minimum Gasteiger partial charge on any atom is -0.405 e. The Morgan fingerprint density at radius 3 is 1.75 bits per heavy atom. The highest BCUT2D eigenvalue weighted by Crippen LogP contribution is 2.37. The Balaban J connectivity index is 2.53. The van der Waals surface area contributed by atoms with Crippen LogP contribution >= 0.6 is 0 Å². The fourth-order valence-corrected chi connectivity index (χ4v) is 8.37. The van der Waals surface area contributed by atoms with E-state index in [0.29, 0.717) is 0 Å². The van der Waals surface area contributed by atoms with Gasteiger partial charge in [0.25, 0.3) is 8.32 Å². The predicted molar refractivity (Wildman–Crippen MR) is 119 cm³/mol. The maximum Gasteiger partial charge on any atom is 0.471 e. The Hall–Kier alpha value is -2.20. The molecular weight excluding hydrogens is 439 g/mol. The van der Waals surface area contributed by atoms with Crippen molar-refractivity contribution in [2.75, 3.05) is 6.61 Å². The van der Waals surface area contributed by atoms with E-state index in [1.807, 2.05) is 81.4 Å². The lowest BCUT2D eigenvalue weighted by atomic mass is 10.1. The number of alkyl halides is 3. The third-order valence-electron chi connectivity index (χ3n) is 5.38. The molecule has 0 aliphatic rings. The number of carbonyl (C=O) groups excluding carboxylic acids is 1. The zero-order valence-electron chi connectivity index (χ0n) is 18.6. The van der Waals surface area contributed by atoms with E-state index in [0.717, 1.165) is 10.4 Å². The van der Waals surface area contributed by atoms with Gasteiger partial charge in [0.15, 0.2) is 0 Å². The van der Waals surface area contributed by atoms with Gasteiger partial charge in [-0.3, -0.25) is 4.79 Å². The molecule has 3 atom stereocenters. The molecule has 32 heavy (non-hydrogen) atoms. The van der Waals surface area contributed by atoms with E-state index in [1.165, 1.54) is 6.92 Å². The van der Waals surface area contributed by atoms with Gasteiger partial charge in [0.05, 0.1) is 18.8 Å². The van der Waals surface area contributed by atoms with Crippen LogP contribution in [0.1, 0.15) is 27.7 Å². The lowest BCUT2D eigenvalue weighted by Gasteiger charge is -2.44. The van der Waals surface area contributed by atoms with Crippen LogP contribution in [0.25, 0.3) is 0 Å². The number of hydrogen-bond acceptors (Lipinski definition) is 4. The first-order chi connectivity index (χ1) is 14.8. The van der Waals surface area contributed by atoms with Gasteiger partial charge in [-0.25, -0.2) is 0 Å². The van der Waals surface area contributed by atoms with Gasteiger partial charge in [-0.1, -0.05) is 81.4 Å². The van der Waals surface area contributed by atoms with Gasteiger partial charge in [0.2, 0.25) is 0 Å². The molecule has 2 aromatic rings. The third-order valence-corrected chi connectivity index (χ3v) is 10.4. The molecule has 0 spiro atoms. The van der Waals surface area contributed by atoms with Crippen molar-refractivity contribution in [3.8, 4) is 0 Å². The van der Waals surface area contributed by atoms with Crippen LogP contribution in [0.5, 0.6) is 0 Å². The normalized spacial score (nSPS) is 15.7. The van der Waals surface area contributed by atoms with E-state index in [2.05, 4.69) is 0 Å². The first kappa shape index (κ1) is 26.1. The Morgan fingerprint density at radius 1 is 0.969 bits per heavy atom. The summed E-state index contributed by atoms with van der Waals surface area (Å²) in [4.78, 5) is 11.6. The summed E-state index contributed by atoms with van der Waals surface area (Å²) in [6.07, 6.45) is -8.16. The monoisotopic (exact) mass is 469 g/mol. The fraction of sp³-hybridized carbons (Fsp3) is 0.435. The largest absolute Gasteiger partial charge is 0.471 e. The van der Waals surface area contributed by atoms with E-state index in [9.17, 15) is 28.2 Å². The number of amides is 1. The highest BCUT2D eigenvalue weighted by molar-refractivity contribution is 6.99. The molecule has 0 radical (unpaired) electrons. The van der Waals surface area contributed by atoms with Gasteiger partial charge >= 0.3 is 12.1 Å². The van der Waals surface area contributed by atoms with Gasteiger partial charge in [-0.15, -0.1) is 0 Å². The molecule has 2 aromatic carbocycles. The second kappa shape index (κ2) is 10.2. The molecule has 3 N–H and O–H groups in total. The number of rotatable bonds is 8. The van der Waals surface area contributed by atoms with E-state index in [1.54, 1.807) is 5.32 Å². The van der Waals surface area contributed by atoms with Gasteiger partial charge in [0.1, 0.15) is 6.10 Å². The second-order valence-electron chi connectivity index (χ2n) is 8.78. The van der Waals surface area contributed by atoms with Crippen molar-refractivity contribution in [3.05, 3.63) is 60.7 Å². The SMILES string of the molecule is CC(O)C(O)C(CO[Si](c1ccccc1)(c1ccccc1)C(C)(C)C)NC(=O)C(F)(F)F. The van der Waals surface area contributed by atoms with Gasteiger partial charge in [-0.2, -0.15) is 13.2 Å². The molecule has 5 nitrogen and oxygen atoms in total. The molecule has 176 valence electrons. The van der Waals surface area contributed by atoms with Crippen LogP contribution in [-0.4, -0.2) is 55.5 Å². The first-order valence-corrected chi connectivity index (χ1v) is 12.2. The summed E-state index contributed by atoms with van der Waals surface area (Å²) in [5.41, 5.74) is 0. The van der Waals surface area contributed by atoms with Crippen molar-refractivity contribution in [1.29, 1.82) is 0 Å². The molecule has 0 heterocycles. The summed E-state index contributed by atoms with van der Waals surface area (Å²) < 4.78 is 45.1. The van der Waals surface area contributed by atoms with Crippen molar-refractivity contribution < 1.29 is 32.6 Å². The van der Waals surface area contributed by atoms with Crippen LogP contribution < -0.4 is 15.7 Å². The zero-order valence-corrected chi connectivity index (χ0v) is 19.6. The number of nitrogens with one attached hydrogen (secondary N) is 1. The number of aliphatic hydroxyl groups excluding tert-OH is 2. The van der Waals surface area contributed by atoms with E-state index < -0.39 is 50.3 Å². The number of halogens is 3. The summed E-state index contributed by atoms with van der Waals surface area (Å²) in [6, 6.07) is 17.4. The second-order valence-corrected chi connectivity index (χ2v) is 13.1. The van der Waals surface area contributed by atoms with E-state index in [4.69, 9.17) is 4.43 Å². The average Bonchev–Trinajstić information content (AvgIpc) is 2.72. The number of hydrogen-bond donors (Lipinski definition) is 3. The highest BCUT2D eigenvalue weighted by atomic mass is 28.4. The molecule has 0 aromatic heterocycles. The summed E-state index contributed by atoms with van der Waals surface area (Å²) in [6.45, 7) is 6.80. The zero-order chi connectivity index (χ0) is 24.2. The van der Waals surface area contributed by atoms with Crippen LogP contribution in [0.4, 0.5) is 13.2 Å². The molecule has 1 amide bonds. The van der Waals surface area contributed by atoms with Crippen molar-refractivity contribution in [1.82, 2.24) is 5.32 Å². The number of carbonyl (C=O) groups is 1. The first-order valence-electron chi connectivity index (χ1n) is 10.3. The third kappa shape index (κ3) is 5.77. The van der Waals surface area contributed by atoms with Crippen molar-refractivity contribution in [3.63, 3.8) is 0 Å². The molecule has 0 fully saturated rings. The summed E-state index contributed by atoms with van der Waals surface area (Å²) >= 11 is 0. The molecule has 0 saturated heterocycles. The average molecular weight is 470 g/mol. The maximum atomic E-state index is 12.9. The lowest BCUT2D eigenvalue weighted by Crippen LogP contribution is -2.68. The Bertz CT molecular complexity index is 831. The Kier molecular flexibility index (Phi) is 8.27. The van der Waals surface area contributed by atoms with Crippen molar-refractivity contribution in [2.24, 2.45) is 0 Å². The smallest absolute Gasteiger partial charge is 0.405 e. The van der Waals surface area contributed by atoms with Crippen LogP contribution in [0, 0.1) is 0 Å². The Morgan fingerprint density at radius 2 is 1.41 bits per heavy atom. The number of benzene rings is 2. The maximum absolute atomic E-state index is 12.9. The predicted octanol–water partition coefficient (Wildman–Crippen LogP) is 2.35. The molecule has 0 aliphatic carbocycles. The molecule has 3 unspecified atom stereocenters. The molecule has 9 heteroatoms. The topological polar surface area (TPSA) is 78.8 Å². The van der Waals surface area contributed by atoms with Crippen LogP contribution in [0.15, 0.2) is 60.7 Å². The van der Waals surface area contributed by atoms with Crippen LogP contribution in [0.2, 0.25) is 5.04 Å². The van der Waals surface area contributed by atoms with Crippen LogP contribution in [-0.2, 0) is 9.22 Å². The van der Waals surface area contributed by atoms with E-state index in [-0.39, 0.29) is 0 Å².